The third-order valence-electron chi connectivity index (χ3n) is 1.55. The monoisotopic (exact) mass is 210 g/mol. The van der Waals surface area contributed by atoms with Crippen molar-refractivity contribution < 1.29 is 13.2 Å². The summed E-state index contributed by atoms with van der Waals surface area (Å²) < 4.78 is 23.0. The van der Waals surface area contributed by atoms with Gasteiger partial charge in [-0.25, -0.2) is 8.42 Å². The number of benzene rings is 1. The molecule has 1 aromatic rings. The van der Waals surface area contributed by atoms with Gasteiger partial charge in [-0.15, -0.1) is 0 Å². The Morgan fingerprint density at radius 1 is 1.21 bits per heavy atom. The Morgan fingerprint density at radius 2 is 1.79 bits per heavy atom. The van der Waals surface area contributed by atoms with E-state index >= 15 is 0 Å². The second kappa shape index (κ2) is 4.19. The van der Waals surface area contributed by atoms with Crippen LogP contribution in [0.15, 0.2) is 46.7 Å². The van der Waals surface area contributed by atoms with Crippen molar-refractivity contribution in [2.45, 2.75) is 11.8 Å². The molecule has 0 unspecified atom stereocenters. The Balaban J connectivity index is 3.05. The normalized spacial score (nSPS) is 11.8. The number of sulfone groups is 1. The zero-order valence-electron chi connectivity index (χ0n) is 7.67. The Hall–Kier alpha value is -1.42. The molecule has 3 nitrogen and oxygen atoms in total. The van der Waals surface area contributed by atoms with E-state index < -0.39 is 9.84 Å². The molecule has 0 saturated carbocycles. The molecule has 0 aliphatic rings. The summed E-state index contributed by atoms with van der Waals surface area (Å²) in [7, 11) is -3.46. The fourth-order valence-corrected chi connectivity index (χ4v) is 1.94. The van der Waals surface area contributed by atoms with Crippen molar-refractivity contribution in [2.24, 2.45) is 0 Å². The first-order chi connectivity index (χ1) is 6.52. The fraction of sp³-hybridized carbons (Fsp3) is 0.100. The number of allylic oxidation sites excluding steroid dienone is 1. The molecule has 4 heteroatoms. The SMILES string of the molecule is CC(=O)C=CS(=O)(=O)c1ccccc1. The van der Waals surface area contributed by atoms with Crippen LogP contribution in [0.3, 0.4) is 0 Å². The molecule has 0 bridgehead atoms. The van der Waals surface area contributed by atoms with Crippen LogP contribution in [-0.4, -0.2) is 14.2 Å². The molecule has 0 N–H and O–H groups in total. The summed E-state index contributed by atoms with van der Waals surface area (Å²) in [5, 5.41) is 0.921. The zero-order chi connectivity index (χ0) is 10.6. The predicted molar refractivity (Wildman–Crippen MR) is 53.4 cm³/mol. The van der Waals surface area contributed by atoms with Gasteiger partial charge in [-0.1, -0.05) is 18.2 Å². The third kappa shape index (κ3) is 2.81. The maximum Gasteiger partial charge on any atom is 0.199 e. The Bertz CT molecular complexity index is 444. The van der Waals surface area contributed by atoms with Gasteiger partial charge in [0.1, 0.15) is 0 Å². The average molecular weight is 210 g/mol. The fourth-order valence-electron chi connectivity index (χ4n) is 0.874. The van der Waals surface area contributed by atoms with Crippen molar-refractivity contribution in [1.29, 1.82) is 0 Å². The van der Waals surface area contributed by atoms with Crippen LogP contribution in [0.1, 0.15) is 6.92 Å². The van der Waals surface area contributed by atoms with E-state index in [0.717, 1.165) is 11.5 Å². The molecular formula is C10H10O3S. The predicted octanol–water partition coefficient (Wildman–Crippen LogP) is 1.56. The van der Waals surface area contributed by atoms with Gasteiger partial charge in [0, 0.05) is 5.41 Å². The van der Waals surface area contributed by atoms with Gasteiger partial charge in [0.2, 0.25) is 0 Å². The molecule has 74 valence electrons. The summed E-state index contributed by atoms with van der Waals surface area (Å²) in [5.74, 6) is -0.287. The molecule has 0 atom stereocenters. The molecule has 0 radical (unpaired) electrons. The quantitative estimate of drug-likeness (QED) is 0.711. The number of carbonyl (C=O) groups excluding carboxylic acids is 1. The molecule has 0 saturated heterocycles. The van der Waals surface area contributed by atoms with Crippen LogP contribution in [0.4, 0.5) is 0 Å². The molecule has 0 amide bonds. The highest BCUT2D eigenvalue weighted by molar-refractivity contribution is 7.94. The highest BCUT2D eigenvalue weighted by Gasteiger charge is 2.08. The highest BCUT2D eigenvalue weighted by Crippen LogP contribution is 2.10. The van der Waals surface area contributed by atoms with Gasteiger partial charge in [0.05, 0.1) is 4.90 Å². The molecule has 14 heavy (non-hydrogen) atoms. The largest absolute Gasteiger partial charge is 0.295 e. The van der Waals surface area contributed by atoms with Gasteiger partial charge in [-0.2, -0.15) is 0 Å². The van der Waals surface area contributed by atoms with Crippen molar-refractivity contribution in [3.05, 3.63) is 41.8 Å². The standard InChI is InChI=1S/C10H10O3S/c1-9(11)7-8-14(12,13)10-5-3-2-4-6-10/h2-8H,1H3. The van der Waals surface area contributed by atoms with Gasteiger partial charge in [-0.05, 0) is 25.1 Å². The van der Waals surface area contributed by atoms with E-state index in [4.69, 9.17) is 0 Å². The van der Waals surface area contributed by atoms with Gasteiger partial charge in [0.15, 0.2) is 15.6 Å². The van der Waals surface area contributed by atoms with Crippen molar-refractivity contribution in [2.75, 3.05) is 0 Å². The van der Waals surface area contributed by atoms with Gasteiger partial charge in [-0.3, -0.25) is 4.79 Å². The first kappa shape index (κ1) is 10.7. The maximum atomic E-state index is 11.5. The minimum Gasteiger partial charge on any atom is -0.295 e. The smallest absolute Gasteiger partial charge is 0.199 e. The number of hydrogen-bond acceptors (Lipinski definition) is 3. The van der Waals surface area contributed by atoms with Crippen LogP contribution >= 0.6 is 0 Å². The van der Waals surface area contributed by atoms with Crippen LogP contribution in [-0.2, 0) is 14.6 Å². The Morgan fingerprint density at radius 3 is 2.29 bits per heavy atom. The average Bonchev–Trinajstić information content (AvgIpc) is 2.16. The minimum atomic E-state index is -3.46. The van der Waals surface area contributed by atoms with E-state index in [1.54, 1.807) is 18.2 Å². The molecule has 0 aromatic heterocycles. The topological polar surface area (TPSA) is 51.2 Å². The van der Waals surface area contributed by atoms with Crippen LogP contribution in [0.25, 0.3) is 0 Å². The first-order valence-electron chi connectivity index (χ1n) is 4.01. The number of hydrogen-bond donors (Lipinski definition) is 0. The number of ketones is 1. The Labute approximate surface area is 83.0 Å². The van der Waals surface area contributed by atoms with E-state index in [9.17, 15) is 13.2 Å². The second-order valence-electron chi connectivity index (χ2n) is 2.77. The first-order valence-corrected chi connectivity index (χ1v) is 5.56. The summed E-state index contributed by atoms with van der Waals surface area (Å²) in [6.07, 6.45) is 1.04. The molecule has 0 fully saturated rings. The molecular weight excluding hydrogens is 200 g/mol. The summed E-state index contributed by atoms with van der Waals surface area (Å²) in [5.41, 5.74) is 0. The van der Waals surface area contributed by atoms with Gasteiger partial charge in [0.25, 0.3) is 0 Å². The van der Waals surface area contributed by atoms with E-state index in [1.165, 1.54) is 19.1 Å². The zero-order valence-corrected chi connectivity index (χ0v) is 8.49. The lowest BCUT2D eigenvalue weighted by atomic mass is 10.4. The maximum absolute atomic E-state index is 11.5. The van der Waals surface area contributed by atoms with E-state index in [2.05, 4.69) is 0 Å². The minimum absolute atomic E-state index is 0.192. The van der Waals surface area contributed by atoms with Gasteiger partial charge >= 0.3 is 0 Å². The third-order valence-corrected chi connectivity index (χ3v) is 2.98. The summed E-state index contributed by atoms with van der Waals surface area (Å²) >= 11 is 0. The van der Waals surface area contributed by atoms with Crippen molar-refractivity contribution >= 4 is 15.6 Å². The van der Waals surface area contributed by atoms with Crippen LogP contribution < -0.4 is 0 Å². The van der Waals surface area contributed by atoms with Crippen molar-refractivity contribution in [1.82, 2.24) is 0 Å². The molecule has 0 aliphatic heterocycles. The van der Waals surface area contributed by atoms with E-state index in [1.807, 2.05) is 0 Å². The van der Waals surface area contributed by atoms with Crippen LogP contribution in [0.5, 0.6) is 0 Å². The van der Waals surface area contributed by atoms with Crippen LogP contribution in [0, 0.1) is 0 Å². The molecule has 0 spiro atoms. The lowest BCUT2D eigenvalue weighted by Gasteiger charge is -1.96. The summed E-state index contributed by atoms with van der Waals surface area (Å²) in [6, 6.07) is 7.97. The summed E-state index contributed by atoms with van der Waals surface area (Å²) in [4.78, 5) is 10.8. The highest BCUT2D eigenvalue weighted by atomic mass is 32.2. The lowest BCUT2D eigenvalue weighted by molar-refractivity contribution is -0.112. The van der Waals surface area contributed by atoms with E-state index in [-0.39, 0.29) is 10.7 Å². The number of rotatable bonds is 3. The van der Waals surface area contributed by atoms with E-state index in [0.29, 0.717) is 0 Å². The summed E-state index contributed by atoms with van der Waals surface area (Å²) in [6.45, 7) is 1.30. The number of carbonyl (C=O) groups is 1. The molecule has 1 rings (SSSR count). The molecule has 0 aliphatic carbocycles. The van der Waals surface area contributed by atoms with Crippen molar-refractivity contribution in [3.63, 3.8) is 0 Å². The van der Waals surface area contributed by atoms with Crippen molar-refractivity contribution in [3.8, 4) is 0 Å². The molecule has 0 heterocycles. The lowest BCUT2D eigenvalue weighted by Crippen LogP contribution is -1.96. The van der Waals surface area contributed by atoms with Crippen LogP contribution in [0.2, 0.25) is 0 Å². The molecule has 1 aromatic carbocycles. The second-order valence-corrected chi connectivity index (χ2v) is 4.61. The van der Waals surface area contributed by atoms with Gasteiger partial charge < -0.3 is 0 Å². The Kier molecular flexibility index (Phi) is 3.19.